The molecule has 2 rings (SSSR count). The van der Waals surface area contributed by atoms with Gasteiger partial charge in [-0.15, -0.1) is 0 Å². The molecule has 3 N–H and O–H groups in total. The number of aromatic nitrogens is 1. The van der Waals surface area contributed by atoms with E-state index in [1.807, 2.05) is 19.9 Å². The highest BCUT2D eigenvalue weighted by atomic mass is 19.4. The molecule has 2 atom stereocenters. The molecule has 1 aromatic heterocycles. The second-order valence-electron chi connectivity index (χ2n) is 7.20. The molecule has 0 saturated carbocycles. The van der Waals surface area contributed by atoms with Gasteiger partial charge in [-0.3, -0.25) is 9.59 Å². The lowest BCUT2D eigenvalue weighted by atomic mass is 9.98. The molecule has 0 aliphatic carbocycles. The highest BCUT2D eigenvalue weighted by Crippen LogP contribution is 2.28. The average Bonchev–Trinajstić information content (AvgIpc) is 2.76. The Morgan fingerprint density at radius 3 is 2.35 bits per heavy atom. The number of amides is 2. The molecule has 1 aromatic carbocycles. The van der Waals surface area contributed by atoms with Crippen molar-refractivity contribution in [3.8, 4) is 0 Å². The van der Waals surface area contributed by atoms with E-state index in [0.29, 0.717) is 37.3 Å². The summed E-state index contributed by atoms with van der Waals surface area (Å²) < 4.78 is 37.6. The molecular weight excluding hydrogens is 409 g/mol. The van der Waals surface area contributed by atoms with Crippen LogP contribution in [0.4, 0.5) is 19.0 Å². The van der Waals surface area contributed by atoms with Gasteiger partial charge in [0, 0.05) is 24.8 Å². The van der Waals surface area contributed by atoms with Gasteiger partial charge < -0.3 is 16.0 Å². The first kappa shape index (κ1) is 24.2. The molecule has 9 heteroatoms. The summed E-state index contributed by atoms with van der Waals surface area (Å²) in [5.41, 5.74) is -0.323. The van der Waals surface area contributed by atoms with Crippen molar-refractivity contribution in [3.05, 3.63) is 59.8 Å². The Kier molecular flexibility index (Phi) is 8.84. The van der Waals surface area contributed by atoms with Crippen molar-refractivity contribution < 1.29 is 22.8 Å². The Bertz CT molecular complexity index is 842. The van der Waals surface area contributed by atoms with Gasteiger partial charge in [0.25, 0.3) is 5.91 Å². The molecule has 0 aliphatic rings. The Morgan fingerprint density at radius 2 is 1.77 bits per heavy atom. The molecular formula is C22H27F3N4O2. The van der Waals surface area contributed by atoms with E-state index in [4.69, 9.17) is 0 Å². The van der Waals surface area contributed by atoms with Gasteiger partial charge in [-0.2, -0.15) is 13.2 Å². The van der Waals surface area contributed by atoms with Crippen LogP contribution in [-0.2, 0) is 11.0 Å². The predicted molar refractivity (Wildman–Crippen MR) is 113 cm³/mol. The fourth-order valence-electron chi connectivity index (χ4n) is 2.81. The average molecular weight is 436 g/mol. The number of nitrogens with one attached hydrogen (secondary N) is 3. The fourth-order valence-corrected chi connectivity index (χ4v) is 2.81. The largest absolute Gasteiger partial charge is 0.417 e. The Balaban J connectivity index is 1.79. The molecule has 6 nitrogen and oxygen atoms in total. The Hall–Kier alpha value is -3.10. The molecule has 0 aliphatic heterocycles. The van der Waals surface area contributed by atoms with Crippen molar-refractivity contribution in [2.24, 2.45) is 5.92 Å². The van der Waals surface area contributed by atoms with Gasteiger partial charge in [-0.05, 0) is 36.6 Å². The van der Waals surface area contributed by atoms with E-state index in [2.05, 4.69) is 20.9 Å². The third-order valence-corrected chi connectivity index (χ3v) is 4.87. The summed E-state index contributed by atoms with van der Waals surface area (Å²) in [6.07, 6.45) is -2.39. The van der Waals surface area contributed by atoms with Crippen LogP contribution in [0.25, 0.3) is 0 Å². The summed E-state index contributed by atoms with van der Waals surface area (Å²) in [6, 6.07) is 10.2. The summed E-state index contributed by atoms with van der Waals surface area (Å²) in [6.45, 7) is 4.61. The Labute approximate surface area is 179 Å². The van der Waals surface area contributed by atoms with Crippen LogP contribution in [0.15, 0.2) is 48.7 Å². The molecule has 2 unspecified atom stereocenters. The SMILES string of the molecule is CCC(C)C(NC(=O)c1ccccc1)C(=O)NCCCNc1ccc(C(F)(F)F)cn1. The smallest absolute Gasteiger partial charge is 0.370 e. The van der Waals surface area contributed by atoms with Crippen LogP contribution in [0.5, 0.6) is 0 Å². The van der Waals surface area contributed by atoms with Crippen molar-refractivity contribution in [2.45, 2.75) is 38.9 Å². The second kappa shape index (κ2) is 11.3. The van der Waals surface area contributed by atoms with E-state index in [1.165, 1.54) is 6.07 Å². The van der Waals surface area contributed by atoms with Gasteiger partial charge in [0.1, 0.15) is 11.9 Å². The van der Waals surface area contributed by atoms with Crippen LogP contribution >= 0.6 is 0 Å². The lowest BCUT2D eigenvalue weighted by Gasteiger charge is -2.23. The van der Waals surface area contributed by atoms with Gasteiger partial charge in [0.2, 0.25) is 5.91 Å². The van der Waals surface area contributed by atoms with E-state index in [0.717, 1.165) is 12.3 Å². The minimum atomic E-state index is -4.42. The van der Waals surface area contributed by atoms with Crippen LogP contribution < -0.4 is 16.0 Å². The summed E-state index contributed by atoms with van der Waals surface area (Å²) in [5, 5.41) is 8.52. The lowest BCUT2D eigenvalue weighted by Crippen LogP contribution is -2.50. The van der Waals surface area contributed by atoms with Crippen LogP contribution in [0, 0.1) is 5.92 Å². The van der Waals surface area contributed by atoms with Gasteiger partial charge in [0.15, 0.2) is 0 Å². The van der Waals surface area contributed by atoms with E-state index in [9.17, 15) is 22.8 Å². The number of hydrogen-bond acceptors (Lipinski definition) is 4. The maximum atomic E-state index is 12.6. The highest BCUT2D eigenvalue weighted by molar-refractivity contribution is 5.97. The molecule has 0 saturated heterocycles. The number of nitrogens with zero attached hydrogens (tertiary/aromatic N) is 1. The summed E-state index contributed by atoms with van der Waals surface area (Å²) in [4.78, 5) is 28.8. The molecule has 0 radical (unpaired) electrons. The van der Waals surface area contributed by atoms with E-state index in [-0.39, 0.29) is 17.7 Å². The maximum Gasteiger partial charge on any atom is 0.417 e. The van der Waals surface area contributed by atoms with Crippen molar-refractivity contribution in [3.63, 3.8) is 0 Å². The quantitative estimate of drug-likeness (QED) is 0.494. The molecule has 1 heterocycles. The van der Waals surface area contributed by atoms with Gasteiger partial charge >= 0.3 is 6.18 Å². The summed E-state index contributed by atoms with van der Waals surface area (Å²) in [5.74, 6) is -0.309. The normalized spacial score (nSPS) is 13.2. The van der Waals surface area contributed by atoms with Crippen molar-refractivity contribution in [1.82, 2.24) is 15.6 Å². The van der Waals surface area contributed by atoms with E-state index < -0.39 is 17.8 Å². The molecule has 2 aromatic rings. The third-order valence-electron chi connectivity index (χ3n) is 4.87. The molecule has 2 amide bonds. The molecule has 168 valence electrons. The van der Waals surface area contributed by atoms with E-state index >= 15 is 0 Å². The van der Waals surface area contributed by atoms with Gasteiger partial charge in [0.05, 0.1) is 5.56 Å². The number of rotatable bonds is 10. The predicted octanol–water partition coefficient (Wildman–Crippen LogP) is 3.86. The minimum absolute atomic E-state index is 0.0536. The zero-order chi connectivity index (χ0) is 22.9. The summed E-state index contributed by atoms with van der Waals surface area (Å²) in [7, 11) is 0. The van der Waals surface area contributed by atoms with Crippen molar-refractivity contribution in [2.75, 3.05) is 18.4 Å². The number of carbonyl (C=O) groups excluding carboxylic acids is 2. The molecule has 31 heavy (non-hydrogen) atoms. The van der Waals surface area contributed by atoms with Crippen LogP contribution in [0.2, 0.25) is 0 Å². The monoisotopic (exact) mass is 436 g/mol. The maximum absolute atomic E-state index is 12.6. The first-order valence-electron chi connectivity index (χ1n) is 10.1. The third kappa shape index (κ3) is 7.58. The number of benzene rings is 1. The number of halogens is 3. The van der Waals surface area contributed by atoms with Gasteiger partial charge in [-0.25, -0.2) is 4.98 Å². The zero-order valence-electron chi connectivity index (χ0n) is 17.5. The summed E-state index contributed by atoms with van der Waals surface area (Å²) >= 11 is 0. The standard InChI is InChI=1S/C22H27F3N4O2/c1-3-15(2)19(29-20(30)16-8-5-4-6-9-16)21(31)27-13-7-12-26-18-11-10-17(14-28-18)22(23,24)25/h4-6,8-11,14-15,19H,3,7,12-13H2,1-2H3,(H,26,28)(H,27,31)(H,29,30). The number of hydrogen-bond donors (Lipinski definition) is 3. The molecule has 0 bridgehead atoms. The first-order chi connectivity index (χ1) is 14.7. The van der Waals surface area contributed by atoms with Crippen LogP contribution in [0.1, 0.15) is 42.6 Å². The number of alkyl halides is 3. The van der Waals surface area contributed by atoms with Crippen LogP contribution in [0.3, 0.4) is 0 Å². The topological polar surface area (TPSA) is 83.1 Å². The molecule has 0 fully saturated rings. The van der Waals surface area contributed by atoms with E-state index in [1.54, 1.807) is 24.3 Å². The highest BCUT2D eigenvalue weighted by Gasteiger charge is 2.30. The number of anilines is 1. The van der Waals surface area contributed by atoms with Crippen molar-refractivity contribution >= 4 is 17.6 Å². The second-order valence-corrected chi connectivity index (χ2v) is 7.20. The zero-order valence-corrected chi connectivity index (χ0v) is 17.5. The lowest BCUT2D eigenvalue weighted by molar-refractivity contribution is -0.137. The van der Waals surface area contributed by atoms with Crippen LogP contribution in [-0.4, -0.2) is 35.9 Å². The fraction of sp³-hybridized carbons (Fsp3) is 0.409. The van der Waals surface area contributed by atoms with Crippen molar-refractivity contribution in [1.29, 1.82) is 0 Å². The number of carbonyl (C=O) groups is 2. The Morgan fingerprint density at radius 1 is 1.06 bits per heavy atom. The molecule has 0 spiro atoms. The number of pyridine rings is 1. The first-order valence-corrected chi connectivity index (χ1v) is 10.1. The van der Waals surface area contributed by atoms with Gasteiger partial charge in [-0.1, -0.05) is 38.5 Å². The minimum Gasteiger partial charge on any atom is -0.370 e.